The zero-order valence-electron chi connectivity index (χ0n) is 11.9. The second-order valence-corrected chi connectivity index (χ2v) is 6.31. The van der Waals surface area contributed by atoms with Gasteiger partial charge in [-0.25, -0.2) is 4.39 Å². The normalized spacial score (nSPS) is 12.4. The van der Waals surface area contributed by atoms with Gasteiger partial charge in [0.1, 0.15) is 5.82 Å². The molecule has 0 radical (unpaired) electrons. The van der Waals surface area contributed by atoms with Crippen molar-refractivity contribution in [3.63, 3.8) is 0 Å². The summed E-state index contributed by atoms with van der Waals surface area (Å²) < 4.78 is 14.3. The molecule has 0 spiro atoms. The predicted molar refractivity (Wildman–Crippen MR) is 90.3 cm³/mol. The summed E-state index contributed by atoms with van der Waals surface area (Å²) in [6.45, 7) is 3.01. The third kappa shape index (κ3) is 4.80. The molecule has 2 aromatic carbocycles. The van der Waals surface area contributed by atoms with E-state index in [1.54, 1.807) is 12.1 Å². The van der Waals surface area contributed by atoms with Crippen LogP contribution in [0.1, 0.15) is 30.5 Å². The minimum atomic E-state index is -0.234. The molecule has 1 N–H and O–H groups in total. The van der Waals surface area contributed by atoms with E-state index < -0.39 is 0 Å². The van der Waals surface area contributed by atoms with Gasteiger partial charge in [-0.3, -0.25) is 0 Å². The summed E-state index contributed by atoms with van der Waals surface area (Å²) in [5.74, 6) is -0.234. The highest BCUT2D eigenvalue weighted by Gasteiger charge is 2.13. The lowest BCUT2D eigenvalue weighted by Gasteiger charge is -2.19. The predicted octanol–water partition coefficient (Wildman–Crippen LogP) is 5.53. The Balaban J connectivity index is 2.22. The van der Waals surface area contributed by atoms with Crippen LogP contribution in [0.15, 0.2) is 46.9 Å². The third-order valence-electron chi connectivity index (χ3n) is 3.32. The molecule has 0 saturated heterocycles. The van der Waals surface area contributed by atoms with Crippen LogP contribution in [0.4, 0.5) is 4.39 Å². The van der Waals surface area contributed by atoms with Crippen molar-refractivity contribution < 1.29 is 4.39 Å². The van der Waals surface area contributed by atoms with E-state index in [1.807, 2.05) is 30.3 Å². The maximum atomic E-state index is 13.8. The first-order chi connectivity index (χ1) is 10.1. The van der Waals surface area contributed by atoms with Gasteiger partial charge < -0.3 is 5.32 Å². The van der Waals surface area contributed by atoms with Gasteiger partial charge in [-0.05, 0) is 70.7 Å². The summed E-state index contributed by atoms with van der Waals surface area (Å²) in [6, 6.07) is 13.2. The molecular formula is C17H18BrClFN. The fourth-order valence-electron chi connectivity index (χ4n) is 2.26. The number of hydrogen-bond acceptors (Lipinski definition) is 1. The first-order valence-electron chi connectivity index (χ1n) is 7.03. The van der Waals surface area contributed by atoms with Crippen molar-refractivity contribution in [3.8, 4) is 0 Å². The zero-order chi connectivity index (χ0) is 15.2. The maximum Gasteiger partial charge on any atom is 0.137 e. The molecule has 1 unspecified atom stereocenters. The van der Waals surface area contributed by atoms with Crippen molar-refractivity contribution in [3.05, 3.63) is 68.9 Å². The zero-order valence-corrected chi connectivity index (χ0v) is 14.2. The SMILES string of the molecule is CCCNC(Cc1cccc(Cl)c1)c1ccc(Br)c(F)c1. The Hall–Kier alpha value is -0.900. The number of nitrogens with one attached hydrogen (secondary N) is 1. The molecule has 21 heavy (non-hydrogen) atoms. The molecule has 112 valence electrons. The van der Waals surface area contributed by atoms with Crippen LogP contribution in [0.2, 0.25) is 5.02 Å². The van der Waals surface area contributed by atoms with Crippen LogP contribution in [0.5, 0.6) is 0 Å². The molecule has 0 aromatic heterocycles. The van der Waals surface area contributed by atoms with Crippen molar-refractivity contribution in [2.45, 2.75) is 25.8 Å². The molecule has 0 amide bonds. The van der Waals surface area contributed by atoms with Gasteiger partial charge in [0.25, 0.3) is 0 Å². The van der Waals surface area contributed by atoms with E-state index >= 15 is 0 Å². The molecule has 1 nitrogen and oxygen atoms in total. The van der Waals surface area contributed by atoms with Crippen LogP contribution < -0.4 is 5.32 Å². The lowest BCUT2D eigenvalue weighted by atomic mass is 9.98. The lowest BCUT2D eigenvalue weighted by Crippen LogP contribution is -2.24. The van der Waals surface area contributed by atoms with Crippen LogP contribution in [0.3, 0.4) is 0 Å². The van der Waals surface area contributed by atoms with Crippen LogP contribution >= 0.6 is 27.5 Å². The first kappa shape index (κ1) is 16.5. The third-order valence-corrected chi connectivity index (χ3v) is 4.19. The quantitative estimate of drug-likeness (QED) is 0.705. The standard InChI is InChI=1S/C17H18BrClFN/c1-2-8-21-17(10-12-4-3-5-14(19)9-12)13-6-7-15(18)16(20)11-13/h3-7,9,11,17,21H,2,8,10H2,1H3. The van der Waals surface area contributed by atoms with E-state index in [0.717, 1.165) is 35.5 Å². The topological polar surface area (TPSA) is 12.0 Å². The van der Waals surface area contributed by atoms with E-state index in [9.17, 15) is 4.39 Å². The molecule has 0 aliphatic rings. The maximum absolute atomic E-state index is 13.8. The molecule has 0 fully saturated rings. The average molecular weight is 371 g/mol. The van der Waals surface area contributed by atoms with Crippen molar-refractivity contribution in [1.29, 1.82) is 0 Å². The number of rotatable bonds is 6. The van der Waals surface area contributed by atoms with E-state index in [4.69, 9.17) is 11.6 Å². The van der Waals surface area contributed by atoms with E-state index in [-0.39, 0.29) is 11.9 Å². The highest BCUT2D eigenvalue weighted by molar-refractivity contribution is 9.10. The Morgan fingerprint density at radius 2 is 2.05 bits per heavy atom. The summed E-state index contributed by atoms with van der Waals surface area (Å²) in [7, 11) is 0. The van der Waals surface area contributed by atoms with Crippen molar-refractivity contribution in [2.24, 2.45) is 0 Å². The average Bonchev–Trinajstić information content (AvgIpc) is 2.46. The van der Waals surface area contributed by atoms with Crippen molar-refractivity contribution in [1.82, 2.24) is 5.32 Å². The van der Waals surface area contributed by atoms with Crippen LogP contribution in [0.25, 0.3) is 0 Å². The lowest BCUT2D eigenvalue weighted by molar-refractivity contribution is 0.523. The van der Waals surface area contributed by atoms with Crippen molar-refractivity contribution >= 4 is 27.5 Å². The summed E-state index contributed by atoms with van der Waals surface area (Å²) in [4.78, 5) is 0. The second kappa shape index (κ2) is 7.92. The van der Waals surface area contributed by atoms with Gasteiger partial charge in [-0.2, -0.15) is 0 Å². The summed E-state index contributed by atoms with van der Waals surface area (Å²) in [5, 5.41) is 4.20. The monoisotopic (exact) mass is 369 g/mol. The Kier molecular flexibility index (Phi) is 6.22. The summed E-state index contributed by atoms with van der Waals surface area (Å²) in [5.41, 5.74) is 2.09. The molecule has 4 heteroatoms. The highest BCUT2D eigenvalue weighted by Crippen LogP contribution is 2.24. The van der Waals surface area contributed by atoms with E-state index in [1.165, 1.54) is 0 Å². The van der Waals surface area contributed by atoms with Crippen molar-refractivity contribution in [2.75, 3.05) is 6.54 Å². The van der Waals surface area contributed by atoms with Crippen LogP contribution in [-0.4, -0.2) is 6.54 Å². The van der Waals surface area contributed by atoms with Gasteiger partial charge in [-0.1, -0.05) is 36.7 Å². The second-order valence-electron chi connectivity index (χ2n) is 5.01. The van der Waals surface area contributed by atoms with Crippen LogP contribution in [-0.2, 0) is 6.42 Å². The Labute approximate surface area is 138 Å². The Morgan fingerprint density at radius 1 is 1.24 bits per heavy atom. The summed E-state index contributed by atoms with van der Waals surface area (Å²) in [6.07, 6.45) is 1.81. The molecule has 0 bridgehead atoms. The van der Waals surface area contributed by atoms with Gasteiger partial charge in [0, 0.05) is 11.1 Å². The number of hydrogen-bond donors (Lipinski definition) is 1. The number of halogens is 3. The molecule has 2 aromatic rings. The largest absolute Gasteiger partial charge is 0.310 e. The molecular weight excluding hydrogens is 353 g/mol. The minimum Gasteiger partial charge on any atom is -0.310 e. The summed E-state index contributed by atoms with van der Waals surface area (Å²) >= 11 is 9.23. The fourth-order valence-corrected chi connectivity index (χ4v) is 2.71. The molecule has 0 aliphatic heterocycles. The van der Waals surface area contributed by atoms with Gasteiger partial charge >= 0.3 is 0 Å². The Morgan fingerprint density at radius 3 is 2.71 bits per heavy atom. The van der Waals surface area contributed by atoms with Gasteiger partial charge in [-0.15, -0.1) is 0 Å². The van der Waals surface area contributed by atoms with Gasteiger partial charge in [0.15, 0.2) is 0 Å². The van der Waals surface area contributed by atoms with Gasteiger partial charge in [0.05, 0.1) is 4.47 Å². The molecule has 0 saturated carbocycles. The minimum absolute atomic E-state index is 0.0750. The van der Waals surface area contributed by atoms with Gasteiger partial charge in [0.2, 0.25) is 0 Å². The van der Waals surface area contributed by atoms with Crippen LogP contribution in [0, 0.1) is 5.82 Å². The smallest absolute Gasteiger partial charge is 0.137 e. The molecule has 0 aliphatic carbocycles. The Bertz CT molecular complexity index is 603. The highest BCUT2D eigenvalue weighted by atomic mass is 79.9. The molecule has 1 atom stereocenters. The fraction of sp³-hybridized carbons (Fsp3) is 0.294. The number of benzene rings is 2. The molecule has 0 heterocycles. The molecule has 2 rings (SSSR count). The first-order valence-corrected chi connectivity index (χ1v) is 8.20. The van der Waals surface area contributed by atoms with E-state index in [0.29, 0.717) is 4.47 Å². The van der Waals surface area contributed by atoms with E-state index in [2.05, 4.69) is 28.2 Å².